The first-order valence-corrected chi connectivity index (χ1v) is 3.71. The van der Waals surface area contributed by atoms with Gasteiger partial charge in [0.1, 0.15) is 6.29 Å². The minimum atomic E-state index is 0.396. The van der Waals surface area contributed by atoms with Crippen molar-refractivity contribution in [2.45, 2.75) is 19.8 Å². The van der Waals surface area contributed by atoms with Crippen LogP contribution in [-0.4, -0.2) is 6.29 Å². The monoisotopic (exact) mass is 147 g/mol. The Bertz CT molecular complexity index is 251. The topological polar surface area (TPSA) is 17.1 Å². The van der Waals surface area contributed by atoms with Crippen molar-refractivity contribution in [1.29, 1.82) is 0 Å². The highest BCUT2D eigenvalue weighted by atomic mass is 16.1. The molecule has 0 fully saturated rings. The van der Waals surface area contributed by atoms with Crippen LogP contribution in [-0.2, 0) is 0 Å². The molecular formula is C10H11O. The van der Waals surface area contributed by atoms with Crippen molar-refractivity contribution in [3.8, 4) is 0 Å². The zero-order valence-corrected chi connectivity index (χ0v) is 6.79. The van der Waals surface area contributed by atoms with E-state index in [0.29, 0.717) is 5.92 Å². The molecule has 0 N–H and O–H groups in total. The van der Waals surface area contributed by atoms with Gasteiger partial charge >= 0.3 is 0 Å². The molecule has 0 aromatic heterocycles. The Labute approximate surface area is 67.1 Å². The summed E-state index contributed by atoms with van der Waals surface area (Å²) in [5.41, 5.74) is 1.85. The number of hydrogen-bond donors (Lipinski definition) is 0. The molecule has 1 aromatic carbocycles. The lowest BCUT2D eigenvalue weighted by atomic mass is 9.98. The van der Waals surface area contributed by atoms with E-state index in [-0.39, 0.29) is 0 Å². The first kappa shape index (κ1) is 7.99. The fourth-order valence-corrected chi connectivity index (χ4v) is 1.06. The van der Waals surface area contributed by atoms with Gasteiger partial charge in [-0.2, -0.15) is 0 Å². The zero-order chi connectivity index (χ0) is 8.27. The van der Waals surface area contributed by atoms with E-state index in [2.05, 4.69) is 19.9 Å². The third-order valence-corrected chi connectivity index (χ3v) is 1.68. The lowest BCUT2D eigenvalue weighted by Gasteiger charge is -2.06. The molecule has 0 unspecified atom stereocenters. The van der Waals surface area contributed by atoms with E-state index in [1.807, 2.05) is 6.07 Å². The molecular weight excluding hydrogens is 136 g/mol. The van der Waals surface area contributed by atoms with Crippen LogP contribution in [0.15, 0.2) is 18.2 Å². The maximum atomic E-state index is 10.5. The highest BCUT2D eigenvalue weighted by Crippen LogP contribution is 2.16. The summed E-state index contributed by atoms with van der Waals surface area (Å²) in [6.07, 6.45) is 0.892. The van der Waals surface area contributed by atoms with Crippen LogP contribution in [0.3, 0.4) is 0 Å². The molecule has 0 saturated carbocycles. The molecule has 0 aliphatic carbocycles. The molecule has 1 rings (SSSR count). The number of carbonyl (C=O) groups is 1. The average Bonchev–Trinajstić information content (AvgIpc) is 2.04. The molecule has 1 aromatic rings. The van der Waals surface area contributed by atoms with Crippen LogP contribution >= 0.6 is 0 Å². The second kappa shape index (κ2) is 3.33. The number of rotatable bonds is 2. The van der Waals surface area contributed by atoms with Gasteiger partial charge in [-0.1, -0.05) is 32.0 Å². The van der Waals surface area contributed by atoms with E-state index in [1.165, 1.54) is 0 Å². The highest BCUT2D eigenvalue weighted by molar-refractivity contribution is 5.77. The quantitative estimate of drug-likeness (QED) is 0.587. The van der Waals surface area contributed by atoms with Crippen LogP contribution < -0.4 is 0 Å². The van der Waals surface area contributed by atoms with Crippen molar-refractivity contribution in [1.82, 2.24) is 0 Å². The van der Waals surface area contributed by atoms with Crippen molar-refractivity contribution < 1.29 is 4.79 Å². The van der Waals surface area contributed by atoms with Crippen LogP contribution in [0, 0.1) is 6.07 Å². The second-order valence-electron chi connectivity index (χ2n) is 2.83. The Balaban J connectivity index is 3.12. The number of aldehydes is 1. The largest absolute Gasteiger partial charge is 0.298 e. The smallest absolute Gasteiger partial charge is 0.150 e. The molecule has 0 atom stereocenters. The fraction of sp³-hybridized carbons (Fsp3) is 0.300. The number of carbonyl (C=O) groups excluding carboxylic acids is 1. The summed E-state index contributed by atoms with van der Waals surface area (Å²) in [5, 5.41) is 0. The Morgan fingerprint density at radius 3 is 2.73 bits per heavy atom. The van der Waals surface area contributed by atoms with Crippen molar-refractivity contribution >= 4 is 6.29 Å². The second-order valence-corrected chi connectivity index (χ2v) is 2.83. The summed E-state index contributed by atoms with van der Waals surface area (Å²) in [7, 11) is 0. The predicted octanol–water partition coefficient (Wildman–Crippen LogP) is 2.42. The molecule has 1 heteroatoms. The van der Waals surface area contributed by atoms with Crippen LogP contribution in [0.25, 0.3) is 0 Å². The molecule has 57 valence electrons. The molecule has 11 heavy (non-hydrogen) atoms. The first-order valence-electron chi connectivity index (χ1n) is 3.71. The normalized spacial score (nSPS) is 10.1. The molecule has 0 bridgehead atoms. The summed E-state index contributed by atoms with van der Waals surface area (Å²) in [6.45, 7) is 4.13. The number of benzene rings is 1. The summed E-state index contributed by atoms with van der Waals surface area (Å²) in [5.74, 6) is 0.396. The van der Waals surface area contributed by atoms with Crippen LogP contribution in [0.1, 0.15) is 35.7 Å². The standard InChI is InChI=1S/C10H11O/c1-8(2)10-6-4-3-5-9(10)7-11/h3,5-8H,1-2H3. The Hall–Kier alpha value is -1.11. The Morgan fingerprint density at radius 2 is 2.27 bits per heavy atom. The van der Waals surface area contributed by atoms with Crippen LogP contribution in [0.4, 0.5) is 0 Å². The van der Waals surface area contributed by atoms with Crippen molar-refractivity contribution in [2.24, 2.45) is 0 Å². The molecule has 0 heterocycles. The Morgan fingerprint density at radius 1 is 1.55 bits per heavy atom. The van der Waals surface area contributed by atoms with Gasteiger partial charge in [0.2, 0.25) is 0 Å². The summed E-state index contributed by atoms with van der Waals surface area (Å²) < 4.78 is 0. The molecule has 0 saturated heterocycles. The van der Waals surface area contributed by atoms with Crippen molar-refractivity contribution in [3.63, 3.8) is 0 Å². The molecule has 0 amide bonds. The van der Waals surface area contributed by atoms with E-state index in [4.69, 9.17) is 0 Å². The zero-order valence-electron chi connectivity index (χ0n) is 6.79. The number of hydrogen-bond acceptors (Lipinski definition) is 1. The van der Waals surface area contributed by atoms with Gasteiger partial charge in [0.25, 0.3) is 0 Å². The maximum absolute atomic E-state index is 10.5. The van der Waals surface area contributed by atoms with Gasteiger partial charge in [0.15, 0.2) is 0 Å². The van der Waals surface area contributed by atoms with Crippen LogP contribution in [0.5, 0.6) is 0 Å². The van der Waals surface area contributed by atoms with Crippen LogP contribution in [0.2, 0.25) is 0 Å². The highest BCUT2D eigenvalue weighted by Gasteiger charge is 2.03. The third-order valence-electron chi connectivity index (χ3n) is 1.68. The van der Waals surface area contributed by atoms with Gasteiger partial charge in [-0.05, 0) is 17.5 Å². The summed E-state index contributed by atoms with van der Waals surface area (Å²) >= 11 is 0. The van der Waals surface area contributed by atoms with Gasteiger partial charge in [-0.3, -0.25) is 4.79 Å². The SMILES string of the molecule is CC(C)c1c[c]ccc1C=O. The molecule has 1 nitrogen and oxygen atoms in total. The minimum absolute atomic E-state index is 0.396. The van der Waals surface area contributed by atoms with E-state index < -0.39 is 0 Å². The lowest BCUT2D eigenvalue weighted by Crippen LogP contribution is -1.93. The average molecular weight is 147 g/mol. The summed E-state index contributed by atoms with van der Waals surface area (Å²) in [6, 6.07) is 8.38. The lowest BCUT2D eigenvalue weighted by molar-refractivity contribution is 0.112. The van der Waals surface area contributed by atoms with Gasteiger partial charge in [0.05, 0.1) is 0 Å². The first-order chi connectivity index (χ1) is 5.25. The predicted molar refractivity (Wildman–Crippen MR) is 44.8 cm³/mol. The van der Waals surface area contributed by atoms with E-state index in [9.17, 15) is 4.79 Å². The third kappa shape index (κ3) is 1.67. The van der Waals surface area contributed by atoms with Gasteiger partial charge in [-0.25, -0.2) is 0 Å². The maximum Gasteiger partial charge on any atom is 0.150 e. The van der Waals surface area contributed by atoms with E-state index in [1.54, 1.807) is 12.1 Å². The molecule has 0 aliphatic heterocycles. The van der Waals surface area contributed by atoms with E-state index >= 15 is 0 Å². The van der Waals surface area contributed by atoms with Gasteiger partial charge in [-0.15, -0.1) is 0 Å². The summed E-state index contributed by atoms with van der Waals surface area (Å²) in [4.78, 5) is 10.5. The Kier molecular flexibility index (Phi) is 2.42. The fourth-order valence-electron chi connectivity index (χ4n) is 1.06. The minimum Gasteiger partial charge on any atom is -0.298 e. The molecule has 0 spiro atoms. The van der Waals surface area contributed by atoms with Crippen molar-refractivity contribution in [3.05, 3.63) is 35.4 Å². The van der Waals surface area contributed by atoms with E-state index in [0.717, 1.165) is 17.4 Å². The molecule has 1 radical (unpaired) electrons. The van der Waals surface area contributed by atoms with Crippen molar-refractivity contribution in [2.75, 3.05) is 0 Å². The van der Waals surface area contributed by atoms with Gasteiger partial charge < -0.3 is 0 Å². The van der Waals surface area contributed by atoms with Gasteiger partial charge in [0, 0.05) is 5.56 Å². The molecule has 0 aliphatic rings.